The Morgan fingerprint density at radius 3 is 2.00 bits per heavy atom. The monoisotopic (exact) mass is 245 g/mol. The molecule has 0 heterocycles. The Balaban J connectivity index is 4.53. The molecule has 0 aromatic rings. The summed E-state index contributed by atoms with van der Waals surface area (Å²) in [5.74, 6) is 0. The Morgan fingerprint density at radius 2 is 1.65 bits per heavy atom. The van der Waals surface area contributed by atoms with Crippen LogP contribution in [0.15, 0.2) is 0 Å². The summed E-state index contributed by atoms with van der Waals surface area (Å²) in [6.07, 6.45) is 1.20. The highest BCUT2D eigenvalue weighted by atomic mass is 16.6. The number of hydrogen-bond donors (Lipinski definition) is 1. The van der Waals surface area contributed by atoms with E-state index in [-0.39, 0.29) is 18.2 Å². The first-order valence-corrected chi connectivity index (χ1v) is 6.19. The molecule has 0 aromatic carbocycles. The molecule has 0 aliphatic carbocycles. The van der Waals surface area contributed by atoms with E-state index in [0.717, 1.165) is 6.42 Å². The molecular weight excluding hydrogens is 218 g/mol. The van der Waals surface area contributed by atoms with Gasteiger partial charge in [0, 0.05) is 18.7 Å². The molecule has 4 nitrogen and oxygen atoms in total. The molecule has 0 spiro atoms. The van der Waals surface area contributed by atoms with Gasteiger partial charge < -0.3 is 14.7 Å². The van der Waals surface area contributed by atoms with Gasteiger partial charge in [0.05, 0.1) is 0 Å². The minimum Gasteiger partial charge on any atom is -0.444 e. The lowest BCUT2D eigenvalue weighted by Crippen LogP contribution is -2.48. The first-order valence-electron chi connectivity index (χ1n) is 6.19. The van der Waals surface area contributed by atoms with Crippen molar-refractivity contribution in [3.05, 3.63) is 0 Å². The number of ether oxygens (including phenoxy) is 1. The number of aliphatic hydroxyl groups excluding tert-OH is 1. The number of carbonyl (C=O) groups is 1. The zero-order valence-electron chi connectivity index (χ0n) is 12.0. The van der Waals surface area contributed by atoms with Gasteiger partial charge in [-0.2, -0.15) is 0 Å². The van der Waals surface area contributed by atoms with Gasteiger partial charge in [-0.1, -0.05) is 0 Å². The average Bonchev–Trinajstić information content (AvgIpc) is 2.06. The first-order chi connectivity index (χ1) is 7.58. The molecule has 0 aliphatic heterocycles. The molecule has 0 bridgehead atoms. The summed E-state index contributed by atoms with van der Waals surface area (Å²) < 4.78 is 5.38. The summed E-state index contributed by atoms with van der Waals surface area (Å²) in [7, 11) is 0. The summed E-state index contributed by atoms with van der Waals surface area (Å²) in [6.45, 7) is 12.3. The van der Waals surface area contributed by atoms with Crippen molar-refractivity contribution in [1.29, 1.82) is 0 Å². The predicted molar refractivity (Wildman–Crippen MR) is 69.0 cm³/mol. The Bertz CT molecular complexity index is 238. The van der Waals surface area contributed by atoms with Crippen LogP contribution in [-0.2, 0) is 4.74 Å². The molecule has 0 fully saturated rings. The highest BCUT2D eigenvalue weighted by Gasteiger charge is 2.29. The van der Waals surface area contributed by atoms with Crippen LogP contribution in [0.1, 0.15) is 54.4 Å². The van der Waals surface area contributed by atoms with Gasteiger partial charge in [0.25, 0.3) is 0 Å². The molecule has 0 aromatic heterocycles. The lowest BCUT2D eigenvalue weighted by atomic mass is 10.1. The Labute approximate surface area is 105 Å². The quantitative estimate of drug-likeness (QED) is 0.775. The third-order valence-corrected chi connectivity index (χ3v) is 2.21. The van der Waals surface area contributed by atoms with Crippen LogP contribution < -0.4 is 0 Å². The summed E-state index contributed by atoms with van der Waals surface area (Å²) >= 11 is 0. The number of nitrogens with zero attached hydrogens (tertiary/aromatic N) is 1. The summed E-state index contributed by atoms with van der Waals surface area (Å²) in [4.78, 5) is 13.8. The van der Waals surface area contributed by atoms with E-state index in [0.29, 0.717) is 13.0 Å². The van der Waals surface area contributed by atoms with Crippen molar-refractivity contribution < 1.29 is 14.6 Å². The molecule has 0 saturated carbocycles. The molecule has 17 heavy (non-hydrogen) atoms. The van der Waals surface area contributed by atoms with Crippen LogP contribution in [0, 0.1) is 0 Å². The lowest BCUT2D eigenvalue weighted by molar-refractivity contribution is 0.00556. The van der Waals surface area contributed by atoms with E-state index in [1.807, 2.05) is 41.5 Å². The maximum Gasteiger partial charge on any atom is 0.410 e. The van der Waals surface area contributed by atoms with E-state index < -0.39 is 5.60 Å². The second kappa shape index (κ2) is 6.24. The number of unbranched alkanes of at least 4 members (excludes halogenated alkanes) is 1. The van der Waals surface area contributed by atoms with Gasteiger partial charge in [0.15, 0.2) is 0 Å². The topological polar surface area (TPSA) is 49.8 Å². The molecule has 102 valence electrons. The number of rotatable bonds is 4. The molecule has 0 unspecified atom stereocenters. The third kappa shape index (κ3) is 7.21. The lowest BCUT2D eigenvalue weighted by Gasteiger charge is -2.36. The van der Waals surface area contributed by atoms with Crippen molar-refractivity contribution in [3.8, 4) is 0 Å². The van der Waals surface area contributed by atoms with Crippen molar-refractivity contribution in [2.45, 2.75) is 65.5 Å². The molecule has 0 radical (unpaired) electrons. The van der Waals surface area contributed by atoms with E-state index in [4.69, 9.17) is 9.84 Å². The number of hydrogen-bond acceptors (Lipinski definition) is 3. The summed E-state index contributed by atoms with van der Waals surface area (Å²) in [5, 5.41) is 8.77. The smallest absolute Gasteiger partial charge is 0.410 e. The van der Waals surface area contributed by atoms with Gasteiger partial charge in [-0.3, -0.25) is 0 Å². The highest BCUT2D eigenvalue weighted by Crippen LogP contribution is 2.19. The summed E-state index contributed by atoms with van der Waals surface area (Å²) in [6, 6.07) is 0. The largest absolute Gasteiger partial charge is 0.444 e. The van der Waals surface area contributed by atoms with Crippen LogP contribution in [0.5, 0.6) is 0 Å². The predicted octanol–water partition coefficient (Wildman–Crippen LogP) is 2.79. The van der Waals surface area contributed by atoms with Crippen LogP contribution in [-0.4, -0.2) is 40.4 Å². The van der Waals surface area contributed by atoms with Crippen LogP contribution in [0.3, 0.4) is 0 Å². The molecule has 0 saturated heterocycles. The van der Waals surface area contributed by atoms with Gasteiger partial charge in [0.1, 0.15) is 5.60 Å². The fraction of sp³-hybridized carbons (Fsp3) is 0.923. The number of carbonyl (C=O) groups excluding carboxylic acids is 1. The first kappa shape index (κ1) is 16.2. The maximum atomic E-state index is 12.0. The minimum atomic E-state index is -0.475. The van der Waals surface area contributed by atoms with Crippen molar-refractivity contribution in [1.82, 2.24) is 4.90 Å². The molecule has 0 rings (SSSR count). The fourth-order valence-electron chi connectivity index (χ4n) is 1.40. The van der Waals surface area contributed by atoms with Crippen molar-refractivity contribution >= 4 is 6.09 Å². The fourth-order valence-corrected chi connectivity index (χ4v) is 1.40. The SMILES string of the molecule is CC(C)(C)OC(=O)N(CCCCO)C(C)(C)C. The Hall–Kier alpha value is -0.770. The molecule has 1 N–H and O–H groups in total. The molecule has 1 amide bonds. The van der Waals surface area contributed by atoms with E-state index in [9.17, 15) is 4.79 Å². The molecular formula is C13H27NO3. The van der Waals surface area contributed by atoms with E-state index in [1.54, 1.807) is 4.90 Å². The van der Waals surface area contributed by atoms with Gasteiger partial charge in [-0.15, -0.1) is 0 Å². The second-order valence-corrected chi connectivity index (χ2v) is 6.23. The number of amides is 1. The van der Waals surface area contributed by atoms with E-state index in [1.165, 1.54) is 0 Å². The summed E-state index contributed by atoms with van der Waals surface area (Å²) in [5.41, 5.74) is -0.741. The standard InChI is InChI=1S/C13H27NO3/c1-12(2,3)14(9-7-8-10-15)11(16)17-13(4,5)6/h15H,7-10H2,1-6H3. The van der Waals surface area contributed by atoms with E-state index in [2.05, 4.69) is 0 Å². The van der Waals surface area contributed by atoms with E-state index >= 15 is 0 Å². The second-order valence-electron chi connectivity index (χ2n) is 6.23. The molecule has 0 aliphatic rings. The number of aliphatic hydroxyl groups is 1. The van der Waals surface area contributed by atoms with Crippen molar-refractivity contribution in [2.24, 2.45) is 0 Å². The molecule has 0 atom stereocenters. The van der Waals surface area contributed by atoms with Gasteiger partial charge in [-0.25, -0.2) is 4.79 Å². The van der Waals surface area contributed by atoms with Crippen LogP contribution in [0.25, 0.3) is 0 Å². The third-order valence-electron chi connectivity index (χ3n) is 2.21. The zero-order chi connectivity index (χ0) is 13.7. The Kier molecular flexibility index (Phi) is 5.96. The normalized spacial score (nSPS) is 12.4. The highest BCUT2D eigenvalue weighted by molar-refractivity contribution is 5.69. The van der Waals surface area contributed by atoms with Crippen molar-refractivity contribution in [3.63, 3.8) is 0 Å². The van der Waals surface area contributed by atoms with Crippen molar-refractivity contribution in [2.75, 3.05) is 13.2 Å². The van der Waals surface area contributed by atoms with Crippen LogP contribution in [0.2, 0.25) is 0 Å². The van der Waals surface area contributed by atoms with Crippen LogP contribution in [0.4, 0.5) is 4.79 Å². The van der Waals surface area contributed by atoms with Gasteiger partial charge in [-0.05, 0) is 54.4 Å². The maximum absolute atomic E-state index is 12.0. The van der Waals surface area contributed by atoms with Crippen LogP contribution >= 0.6 is 0 Å². The van der Waals surface area contributed by atoms with Gasteiger partial charge >= 0.3 is 6.09 Å². The average molecular weight is 245 g/mol. The molecule has 4 heteroatoms. The minimum absolute atomic E-state index is 0.159. The van der Waals surface area contributed by atoms with Gasteiger partial charge in [0.2, 0.25) is 0 Å². The zero-order valence-corrected chi connectivity index (χ0v) is 12.0. The Morgan fingerprint density at radius 1 is 1.12 bits per heavy atom.